The van der Waals surface area contributed by atoms with Crippen molar-refractivity contribution in [3.63, 3.8) is 0 Å². The summed E-state index contributed by atoms with van der Waals surface area (Å²) in [5.74, 6) is 0. The standard InChI is InChI=1S/C14H32NO3/c1-2-3-4-5-6-7-8-15(9-12-16,10-13-17)11-14-18/h16-18H,2-14H2,1H3/q+1. The zero-order valence-corrected chi connectivity index (χ0v) is 12.0. The SMILES string of the molecule is CCCCCCCC[N+](CCO)(CCO)CCO. The molecule has 0 fully saturated rings. The molecule has 0 aliphatic heterocycles. The molecule has 0 aliphatic rings. The van der Waals surface area contributed by atoms with Crippen LogP contribution in [0, 0.1) is 0 Å². The van der Waals surface area contributed by atoms with E-state index in [2.05, 4.69) is 6.92 Å². The second-order valence-electron chi connectivity index (χ2n) is 5.17. The number of rotatable bonds is 13. The average Bonchev–Trinajstić information content (AvgIpc) is 2.35. The maximum atomic E-state index is 9.15. The van der Waals surface area contributed by atoms with E-state index in [-0.39, 0.29) is 19.8 Å². The quantitative estimate of drug-likeness (QED) is 0.344. The topological polar surface area (TPSA) is 60.7 Å². The fourth-order valence-corrected chi connectivity index (χ4v) is 2.53. The highest BCUT2D eigenvalue weighted by Crippen LogP contribution is 2.11. The van der Waals surface area contributed by atoms with Crippen LogP contribution < -0.4 is 0 Å². The molecule has 0 aromatic carbocycles. The molecule has 4 nitrogen and oxygen atoms in total. The maximum Gasteiger partial charge on any atom is 0.102 e. The smallest absolute Gasteiger partial charge is 0.102 e. The molecule has 0 aromatic rings. The first-order valence-electron chi connectivity index (χ1n) is 7.42. The molecule has 0 saturated carbocycles. The highest BCUT2D eigenvalue weighted by atomic mass is 16.3. The Labute approximate surface area is 112 Å². The zero-order chi connectivity index (χ0) is 13.7. The minimum Gasteiger partial charge on any atom is -0.391 e. The lowest BCUT2D eigenvalue weighted by molar-refractivity contribution is -0.929. The molecule has 0 amide bonds. The van der Waals surface area contributed by atoms with Gasteiger partial charge in [0.2, 0.25) is 0 Å². The minimum atomic E-state index is 0.121. The summed E-state index contributed by atoms with van der Waals surface area (Å²) >= 11 is 0. The van der Waals surface area contributed by atoms with Gasteiger partial charge in [0.25, 0.3) is 0 Å². The predicted molar refractivity (Wildman–Crippen MR) is 74.4 cm³/mol. The van der Waals surface area contributed by atoms with E-state index < -0.39 is 0 Å². The van der Waals surface area contributed by atoms with Gasteiger partial charge in [-0.25, -0.2) is 0 Å². The number of unbranched alkanes of at least 4 members (excludes halogenated alkanes) is 5. The summed E-state index contributed by atoms with van der Waals surface area (Å²) in [6.45, 7) is 5.43. The molecule has 0 atom stereocenters. The summed E-state index contributed by atoms with van der Waals surface area (Å²) in [6, 6.07) is 0. The summed E-state index contributed by atoms with van der Waals surface area (Å²) in [5.41, 5.74) is 0. The van der Waals surface area contributed by atoms with Crippen LogP contribution >= 0.6 is 0 Å². The third kappa shape index (κ3) is 8.03. The summed E-state index contributed by atoms with van der Waals surface area (Å²) in [4.78, 5) is 0. The molecule has 0 bridgehead atoms. The molecule has 18 heavy (non-hydrogen) atoms. The second kappa shape index (κ2) is 11.9. The van der Waals surface area contributed by atoms with E-state index in [1.54, 1.807) is 0 Å². The van der Waals surface area contributed by atoms with Gasteiger partial charge < -0.3 is 19.8 Å². The Morgan fingerprint density at radius 2 is 1.06 bits per heavy atom. The Morgan fingerprint density at radius 1 is 0.611 bits per heavy atom. The monoisotopic (exact) mass is 262 g/mol. The fourth-order valence-electron chi connectivity index (χ4n) is 2.53. The van der Waals surface area contributed by atoms with Crippen LogP contribution in [0.4, 0.5) is 0 Å². The Kier molecular flexibility index (Phi) is 11.8. The van der Waals surface area contributed by atoms with Gasteiger partial charge in [-0.05, 0) is 12.8 Å². The van der Waals surface area contributed by atoms with Crippen LogP contribution in [0.25, 0.3) is 0 Å². The van der Waals surface area contributed by atoms with Crippen LogP contribution in [0.3, 0.4) is 0 Å². The van der Waals surface area contributed by atoms with Crippen molar-refractivity contribution in [3.8, 4) is 0 Å². The molecule has 0 spiro atoms. The Bertz CT molecular complexity index is 159. The number of hydrogen-bond donors (Lipinski definition) is 3. The van der Waals surface area contributed by atoms with Crippen LogP contribution in [0.1, 0.15) is 45.4 Å². The van der Waals surface area contributed by atoms with Crippen molar-refractivity contribution in [2.45, 2.75) is 45.4 Å². The third-order valence-electron chi connectivity index (χ3n) is 3.71. The van der Waals surface area contributed by atoms with Gasteiger partial charge >= 0.3 is 0 Å². The van der Waals surface area contributed by atoms with Gasteiger partial charge in [0.05, 0.1) is 26.4 Å². The van der Waals surface area contributed by atoms with Crippen molar-refractivity contribution >= 4 is 0 Å². The van der Waals surface area contributed by atoms with E-state index in [1.165, 1.54) is 32.1 Å². The normalized spacial score (nSPS) is 12.0. The van der Waals surface area contributed by atoms with Crippen molar-refractivity contribution < 1.29 is 19.8 Å². The molecule has 0 radical (unpaired) electrons. The highest BCUT2D eigenvalue weighted by molar-refractivity contribution is 4.49. The molecular weight excluding hydrogens is 230 g/mol. The summed E-state index contributed by atoms with van der Waals surface area (Å²) < 4.78 is 0.650. The van der Waals surface area contributed by atoms with Gasteiger partial charge in [-0.3, -0.25) is 0 Å². The lowest BCUT2D eigenvalue weighted by Gasteiger charge is -2.37. The summed E-state index contributed by atoms with van der Waals surface area (Å²) in [7, 11) is 0. The first-order chi connectivity index (χ1) is 8.74. The molecule has 0 unspecified atom stereocenters. The van der Waals surface area contributed by atoms with Crippen molar-refractivity contribution in [2.75, 3.05) is 46.0 Å². The number of quaternary nitrogens is 1. The predicted octanol–water partition coefficient (Wildman–Crippen LogP) is 1.14. The van der Waals surface area contributed by atoms with Crippen molar-refractivity contribution in [3.05, 3.63) is 0 Å². The van der Waals surface area contributed by atoms with Crippen LogP contribution in [-0.4, -0.2) is 65.8 Å². The van der Waals surface area contributed by atoms with Crippen LogP contribution in [0.15, 0.2) is 0 Å². The molecule has 4 heteroatoms. The fraction of sp³-hybridized carbons (Fsp3) is 1.00. The molecule has 110 valence electrons. The minimum absolute atomic E-state index is 0.121. The molecular formula is C14H32NO3+. The Morgan fingerprint density at radius 3 is 1.50 bits per heavy atom. The second-order valence-corrected chi connectivity index (χ2v) is 5.17. The molecule has 0 aromatic heterocycles. The summed E-state index contributed by atoms with van der Waals surface area (Å²) in [6.07, 6.45) is 7.47. The van der Waals surface area contributed by atoms with Crippen molar-refractivity contribution in [2.24, 2.45) is 0 Å². The number of hydrogen-bond acceptors (Lipinski definition) is 3. The Hall–Kier alpha value is -0.160. The van der Waals surface area contributed by atoms with Gasteiger partial charge in [0.1, 0.15) is 19.6 Å². The third-order valence-corrected chi connectivity index (χ3v) is 3.71. The van der Waals surface area contributed by atoms with Crippen LogP contribution in [-0.2, 0) is 0 Å². The van der Waals surface area contributed by atoms with Crippen LogP contribution in [0.5, 0.6) is 0 Å². The van der Waals surface area contributed by atoms with Crippen LogP contribution in [0.2, 0.25) is 0 Å². The van der Waals surface area contributed by atoms with E-state index in [0.717, 1.165) is 13.0 Å². The lowest BCUT2D eigenvalue weighted by Crippen LogP contribution is -2.53. The molecule has 0 saturated heterocycles. The molecule has 3 N–H and O–H groups in total. The molecule has 0 rings (SSSR count). The Balaban J connectivity index is 3.97. The average molecular weight is 262 g/mol. The zero-order valence-electron chi connectivity index (χ0n) is 12.0. The lowest BCUT2D eigenvalue weighted by atomic mass is 10.1. The number of aliphatic hydroxyl groups excluding tert-OH is 3. The van der Waals surface area contributed by atoms with E-state index in [4.69, 9.17) is 15.3 Å². The van der Waals surface area contributed by atoms with E-state index >= 15 is 0 Å². The van der Waals surface area contributed by atoms with Gasteiger partial charge in [-0.2, -0.15) is 0 Å². The van der Waals surface area contributed by atoms with Gasteiger partial charge in [-0.1, -0.05) is 32.6 Å². The van der Waals surface area contributed by atoms with E-state index in [0.29, 0.717) is 24.1 Å². The number of aliphatic hydroxyl groups is 3. The number of nitrogens with zero attached hydrogens (tertiary/aromatic N) is 1. The maximum absolute atomic E-state index is 9.15. The largest absolute Gasteiger partial charge is 0.391 e. The van der Waals surface area contributed by atoms with E-state index in [9.17, 15) is 0 Å². The van der Waals surface area contributed by atoms with Crippen molar-refractivity contribution in [1.82, 2.24) is 0 Å². The highest BCUT2D eigenvalue weighted by Gasteiger charge is 2.25. The van der Waals surface area contributed by atoms with Gasteiger partial charge in [0, 0.05) is 0 Å². The molecule has 0 aliphatic carbocycles. The van der Waals surface area contributed by atoms with Gasteiger partial charge in [0.15, 0.2) is 0 Å². The van der Waals surface area contributed by atoms with Crippen molar-refractivity contribution in [1.29, 1.82) is 0 Å². The van der Waals surface area contributed by atoms with E-state index in [1.807, 2.05) is 0 Å². The first-order valence-corrected chi connectivity index (χ1v) is 7.42. The molecule has 0 heterocycles. The summed E-state index contributed by atoms with van der Waals surface area (Å²) in [5, 5.41) is 27.4. The van der Waals surface area contributed by atoms with Gasteiger partial charge in [-0.15, -0.1) is 0 Å². The first kappa shape index (κ1) is 17.8.